The molecule has 1 fully saturated rings. The Morgan fingerprint density at radius 2 is 2.20 bits per heavy atom. The second kappa shape index (κ2) is 4.39. The second-order valence-electron chi connectivity index (χ2n) is 4.11. The van der Waals surface area contributed by atoms with Gasteiger partial charge in [-0.05, 0) is 34.8 Å². The summed E-state index contributed by atoms with van der Waals surface area (Å²) < 4.78 is 2.79. The minimum Gasteiger partial charge on any atom is -0.348 e. The van der Waals surface area contributed by atoms with Gasteiger partial charge in [0.05, 0.1) is 0 Å². The summed E-state index contributed by atoms with van der Waals surface area (Å²) >= 11 is 3.36. The molecular formula is C11H15BrN2O. The molecule has 0 aliphatic heterocycles. The molecule has 1 amide bonds. The van der Waals surface area contributed by atoms with Gasteiger partial charge in [0.25, 0.3) is 5.91 Å². The minimum atomic E-state index is 0.0371. The molecule has 0 bridgehead atoms. The van der Waals surface area contributed by atoms with Crippen molar-refractivity contribution in [3.8, 4) is 0 Å². The predicted octanol–water partition coefficient (Wildman–Crippen LogP) is 2.46. The summed E-state index contributed by atoms with van der Waals surface area (Å²) in [5.74, 6) is 0.0371. The van der Waals surface area contributed by atoms with E-state index in [4.69, 9.17) is 0 Å². The molecule has 1 aromatic heterocycles. The molecule has 82 valence electrons. The third-order valence-electron chi connectivity index (χ3n) is 2.89. The number of carbonyl (C=O) groups is 1. The smallest absolute Gasteiger partial charge is 0.268 e. The molecular weight excluding hydrogens is 256 g/mol. The normalized spacial score (nSPS) is 16.9. The van der Waals surface area contributed by atoms with Crippen LogP contribution in [0.25, 0.3) is 0 Å². The topological polar surface area (TPSA) is 34.0 Å². The summed E-state index contributed by atoms with van der Waals surface area (Å²) in [4.78, 5) is 11.9. The Balaban J connectivity index is 2.03. The van der Waals surface area contributed by atoms with Crippen LogP contribution in [0.1, 0.15) is 36.2 Å². The molecule has 2 rings (SSSR count). The van der Waals surface area contributed by atoms with E-state index in [1.807, 2.05) is 23.9 Å². The summed E-state index contributed by atoms with van der Waals surface area (Å²) in [6.45, 7) is 0. The zero-order valence-corrected chi connectivity index (χ0v) is 10.4. The molecule has 1 aliphatic rings. The molecule has 0 aromatic carbocycles. The van der Waals surface area contributed by atoms with Gasteiger partial charge in [0.1, 0.15) is 5.69 Å². The SMILES string of the molecule is Cn1cc(Br)cc1C(=O)NC1CCCC1. The van der Waals surface area contributed by atoms with Crippen LogP contribution in [-0.4, -0.2) is 16.5 Å². The number of nitrogens with zero attached hydrogens (tertiary/aromatic N) is 1. The number of hydrogen-bond donors (Lipinski definition) is 1. The van der Waals surface area contributed by atoms with Gasteiger partial charge in [0, 0.05) is 23.8 Å². The van der Waals surface area contributed by atoms with Crippen molar-refractivity contribution in [2.75, 3.05) is 0 Å². The number of halogens is 1. The van der Waals surface area contributed by atoms with Crippen molar-refractivity contribution in [2.24, 2.45) is 7.05 Å². The van der Waals surface area contributed by atoms with E-state index in [9.17, 15) is 4.79 Å². The molecule has 1 heterocycles. The van der Waals surface area contributed by atoms with Gasteiger partial charge >= 0.3 is 0 Å². The fourth-order valence-corrected chi connectivity index (χ4v) is 2.60. The average Bonchev–Trinajstić information content (AvgIpc) is 2.75. The van der Waals surface area contributed by atoms with Gasteiger partial charge < -0.3 is 9.88 Å². The van der Waals surface area contributed by atoms with E-state index < -0.39 is 0 Å². The summed E-state index contributed by atoms with van der Waals surface area (Å²) in [6.07, 6.45) is 6.61. The fourth-order valence-electron chi connectivity index (χ4n) is 2.08. The Morgan fingerprint density at radius 3 is 2.73 bits per heavy atom. The number of carbonyl (C=O) groups excluding carboxylic acids is 1. The lowest BCUT2D eigenvalue weighted by atomic mass is 10.2. The van der Waals surface area contributed by atoms with Crippen LogP contribution in [0.2, 0.25) is 0 Å². The highest BCUT2D eigenvalue weighted by atomic mass is 79.9. The molecule has 4 heteroatoms. The zero-order valence-electron chi connectivity index (χ0n) is 8.79. The Morgan fingerprint density at radius 1 is 1.53 bits per heavy atom. The monoisotopic (exact) mass is 270 g/mol. The molecule has 0 radical (unpaired) electrons. The first-order chi connectivity index (χ1) is 7.16. The molecule has 0 unspecified atom stereocenters. The van der Waals surface area contributed by atoms with Gasteiger partial charge in [0.2, 0.25) is 0 Å². The molecule has 3 nitrogen and oxygen atoms in total. The van der Waals surface area contributed by atoms with Gasteiger partial charge in [-0.2, -0.15) is 0 Å². The summed E-state index contributed by atoms with van der Waals surface area (Å²) in [6, 6.07) is 2.23. The van der Waals surface area contributed by atoms with Crippen molar-refractivity contribution in [2.45, 2.75) is 31.7 Å². The van der Waals surface area contributed by atoms with Crippen LogP contribution in [0, 0.1) is 0 Å². The van der Waals surface area contributed by atoms with E-state index in [-0.39, 0.29) is 5.91 Å². The summed E-state index contributed by atoms with van der Waals surface area (Å²) in [5, 5.41) is 3.07. The molecule has 1 aromatic rings. The third kappa shape index (κ3) is 2.43. The third-order valence-corrected chi connectivity index (χ3v) is 3.33. The quantitative estimate of drug-likeness (QED) is 0.880. The van der Waals surface area contributed by atoms with Gasteiger partial charge in [-0.25, -0.2) is 0 Å². The maximum absolute atomic E-state index is 11.9. The van der Waals surface area contributed by atoms with Gasteiger partial charge in [-0.15, -0.1) is 0 Å². The fraction of sp³-hybridized carbons (Fsp3) is 0.545. The predicted molar refractivity (Wildman–Crippen MR) is 62.8 cm³/mol. The molecule has 0 saturated heterocycles. The van der Waals surface area contributed by atoms with E-state index in [2.05, 4.69) is 21.2 Å². The van der Waals surface area contributed by atoms with Crippen molar-refractivity contribution in [3.63, 3.8) is 0 Å². The largest absolute Gasteiger partial charge is 0.348 e. The van der Waals surface area contributed by atoms with E-state index in [0.29, 0.717) is 11.7 Å². The highest BCUT2D eigenvalue weighted by Crippen LogP contribution is 2.19. The molecule has 0 spiro atoms. The molecule has 1 N–H and O–H groups in total. The van der Waals surface area contributed by atoms with Crippen LogP contribution in [0.4, 0.5) is 0 Å². The van der Waals surface area contributed by atoms with E-state index in [0.717, 1.165) is 17.3 Å². The first-order valence-corrected chi connectivity index (χ1v) is 6.09. The van der Waals surface area contributed by atoms with Crippen LogP contribution >= 0.6 is 15.9 Å². The molecule has 0 atom stereocenters. The van der Waals surface area contributed by atoms with Crippen molar-refractivity contribution >= 4 is 21.8 Å². The van der Waals surface area contributed by atoms with Gasteiger partial charge in [-0.3, -0.25) is 4.79 Å². The van der Waals surface area contributed by atoms with Crippen LogP contribution in [0.3, 0.4) is 0 Å². The minimum absolute atomic E-state index is 0.0371. The van der Waals surface area contributed by atoms with Crippen LogP contribution in [0.5, 0.6) is 0 Å². The Bertz CT molecular complexity index is 367. The number of amides is 1. The number of aryl methyl sites for hydroxylation is 1. The van der Waals surface area contributed by atoms with Crippen molar-refractivity contribution in [1.29, 1.82) is 0 Å². The lowest BCUT2D eigenvalue weighted by Crippen LogP contribution is -2.33. The van der Waals surface area contributed by atoms with Crippen LogP contribution in [0.15, 0.2) is 16.7 Å². The van der Waals surface area contributed by atoms with E-state index in [1.54, 1.807) is 0 Å². The lowest BCUT2D eigenvalue weighted by Gasteiger charge is -2.11. The number of nitrogens with one attached hydrogen (secondary N) is 1. The maximum atomic E-state index is 11.9. The summed E-state index contributed by atoms with van der Waals surface area (Å²) in [7, 11) is 1.88. The van der Waals surface area contributed by atoms with Crippen molar-refractivity contribution in [1.82, 2.24) is 9.88 Å². The van der Waals surface area contributed by atoms with Crippen molar-refractivity contribution in [3.05, 3.63) is 22.4 Å². The average molecular weight is 271 g/mol. The number of rotatable bonds is 2. The molecule has 1 saturated carbocycles. The van der Waals surface area contributed by atoms with Crippen LogP contribution < -0.4 is 5.32 Å². The number of aromatic nitrogens is 1. The maximum Gasteiger partial charge on any atom is 0.268 e. The summed E-state index contributed by atoms with van der Waals surface area (Å²) in [5.41, 5.74) is 0.716. The lowest BCUT2D eigenvalue weighted by molar-refractivity contribution is 0.0929. The Kier molecular flexibility index (Phi) is 3.14. The first-order valence-electron chi connectivity index (χ1n) is 5.29. The first kappa shape index (κ1) is 10.7. The van der Waals surface area contributed by atoms with E-state index in [1.165, 1.54) is 12.8 Å². The molecule has 1 aliphatic carbocycles. The standard InChI is InChI=1S/C11H15BrN2O/c1-14-7-8(12)6-10(14)11(15)13-9-4-2-3-5-9/h6-7,9H,2-5H2,1H3,(H,13,15). The Labute approximate surface area is 98.0 Å². The second-order valence-corrected chi connectivity index (χ2v) is 5.02. The van der Waals surface area contributed by atoms with E-state index >= 15 is 0 Å². The van der Waals surface area contributed by atoms with Crippen molar-refractivity contribution < 1.29 is 4.79 Å². The van der Waals surface area contributed by atoms with Gasteiger partial charge in [-0.1, -0.05) is 12.8 Å². The van der Waals surface area contributed by atoms with Gasteiger partial charge in [0.15, 0.2) is 0 Å². The highest BCUT2D eigenvalue weighted by molar-refractivity contribution is 9.10. The number of hydrogen-bond acceptors (Lipinski definition) is 1. The zero-order chi connectivity index (χ0) is 10.8. The van der Waals surface area contributed by atoms with Crippen LogP contribution in [-0.2, 0) is 7.05 Å². The Hall–Kier alpha value is -0.770. The molecule has 15 heavy (non-hydrogen) atoms. The highest BCUT2D eigenvalue weighted by Gasteiger charge is 2.19.